The van der Waals surface area contributed by atoms with Gasteiger partial charge in [-0.3, -0.25) is 19.9 Å². The molecule has 0 spiro atoms. The first-order valence-corrected chi connectivity index (χ1v) is 10.7. The average molecular weight is 410 g/mol. The normalized spacial score (nSPS) is 23.4. The van der Waals surface area contributed by atoms with Gasteiger partial charge >= 0.3 is 0 Å². The zero-order valence-electron chi connectivity index (χ0n) is 16.0. The van der Waals surface area contributed by atoms with E-state index >= 15 is 0 Å². The number of nitrogens with one attached hydrogen (secondary N) is 2. The van der Waals surface area contributed by atoms with Crippen molar-refractivity contribution >= 4 is 29.0 Å². The van der Waals surface area contributed by atoms with Gasteiger partial charge < -0.3 is 5.32 Å². The summed E-state index contributed by atoms with van der Waals surface area (Å²) in [7, 11) is 0. The van der Waals surface area contributed by atoms with E-state index in [2.05, 4.69) is 31.7 Å². The molecular formula is C21H23N5O2S. The summed E-state index contributed by atoms with van der Waals surface area (Å²) in [5, 5.41) is 5.55. The van der Waals surface area contributed by atoms with Gasteiger partial charge in [0.1, 0.15) is 5.82 Å². The molecule has 1 aliphatic heterocycles. The maximum Gasteiger partial charge on any atom is 0.290 e. The number of aromatic nitrogens is 3. The molecule has 3 heterocycles. The van der Waals surface area contributed by atoms with Crippen molar-refractivity contribution in [1.29, 1.82) is 0 Å². The summed E-state index contributed by atoms with van der Waals surface area (Å²) >= 11 is 0.903. The van der Waals surface area contributed by atoms with Crippen molar-refractivity contribution in [2.45, 2.75) is 44.7 Å². The SMILES string of the molecule is O=C1NC(=O)/C(=C/c2ccnc(CC3CCC(NCc4cccnc4)CC3)n2)S1. The molecule has 2 aliphatic rings. The minimum absolute atomic E-state index is 0.343. The monoisotopic (exact) mass is 409 g/mol. The predicted molar refractivity (Wildman–Crippen MR) is 112 cm³/mol. The van der Waals surface area contributed by atoms with Crippen LogP contribution in [0.1, 0.15) is 42.8 Å². The Hall–Kier alpha value is -2.58. The number of amides is 2. The Bertz CT molecular complexity index is 910. The van der Waals surface area contributed by atoms with Gasteiger partial charge in [0.15, 0.2) is 0 Å². The molecule has 0 radical (unpaired) electrons. The topological polar surface area (TPSA) is 96.9 Å². The number of nitrogens with zero attached hydrogens (tertiary/aromatic N) is 3. The lowest BCUT2D eigenvalue weighted by Gasteiger charge is -2.29. The van der Waals surface area contributed by atoms with Gasteiger partial charge in [-0.05, 0) is 67.1 Å². The Balaban J connectivity index is 1.28. The van der Waals surface area contributed by atoms with Gasteiger partial charge in [-0.15, -0.1) is 0 Å². The van der Waals surface area contributed by atoms with E-state index in [4.69, 9.17) is 0 Å². The van der Waals surface area contributed by atoms with Crippen LogP contribution in [0.3, 0.4) is 0 Å². The van der Waals surface area contributed by atoms with E-state index in [0.29, 0.717) is 22.6 Å². The van der Waals surface area contributed by atoms with Crippen molar-refractivity contribution in [3.8, 4) is 0 Å². The van der Waals surface area contributed by atoms with Crippen LogP contribution in [-0.4, -0.2) is 32.1 Å². The molecule has 2 N–H and O–H groups in total. The van der Waals surface area contributed by atoms with Crippen LogP contribution in [0.25, 0.3) is 6.08 Å². The summed E-state index contributed by atoms with van der Waals surface area (Å²) < 4.78 is 0. The number of imide groups is 1. The predicted octanol–water partition coefficient (Wildman–Crippen LogP) is 3.09. The van der Waals surface area contributed by atoms with Gasteiger partial charge in [-0.25, -0.2) is 9.97 Å². The molecule has 4 rings (SSSR count). The van der Waals surface area contributed by atoms with E-state index in [1.807, 2.05) is 12.3 Å². The Morgan fingerprint density at radius 2 is 2.03 bits per heavy atom. The largest absolute Gasteiger partial charge is 0.310 e. The summed E-state index contributed by atoms with van der Waals surface area (Å²) in [6.45, 7) is 0.858. The maximum absolute atomic E-state index is 11.7. The van der Waals surface area contributed by atoms with E-state index in [9.17, 15) is 9.59 Å². The van der Waals surface area contributed by atoms with Crippen LogP contribution in [0, 0.1) is 5.92 Å². The lowest BCUT2D eigenvalue weighted by molar-refractivity contribution is -0.115. The molecule has 29 heavy (non-hydrogen) atoms. The Kier molecular flexibility index (Phi) is 6.31. The molecular weight excluding hydrogens is 386 g/mol. The minimum atomic E-state index is -0.364. The van der Waals surface area contributed by atoms with Crippen molar-refractivity contribution in [2.75, 3.05) is 0 Å². The Morgan fingerprint density at radius 3 is 2.76 bits per heavy atom. The molecule has 1 saturated carbocycles. The molecule has 0 atom stereocenters. The van der Waals surface area contributed by atoms with Crippen LogP contribution < -0.4 is 10.6 Å². The standard InChI is InChI=1S/C21H23N5O2S/c27-20-18(29-21(28)26-20)11-17-7-9-23-19(25-17)10-14-3-5-16(6-4-14)24-13-15-2-1-8-22-12-15/h1-2,7-9,11-12,14,16,24H,3-6,10,13H2,(H,26,27,28)/b18-11-. The van der Waals surface area contributed by atoms with E-state index in [1.54, 1.807) is 24.5 Å². The highest BCUT2D eigenvalue weighted by atomic mass is 32.2. The van der Waals surface area contributed by atoms with E-state index in [1.165, 1.54) is 5.56 Å². The molecule has 1 aliphatic carbocycles. The van der Waals surface area contributed by atoms with Crippen molar-refractivity contribution in [3.63, 3.8) is 0 Å². The van der Waals surface area contributed by atoms with Crippen molar-refractivity contribution < 1.29 is 9.59 Å². The fourth-order valence-electron chi connectivity index (χ4n) is 3.74. The summed E-state index contributed by atoms with van der Waals surface area (Å²) in [4.78, 5) is 36.5. The van der Waals surface area contributed by atoms with Gasteiger partial charge in [0.05, 0.1) is 10.6 Å². The highest BCUT2D eigenvalue weighted by Crippen LogP contribution is 2.28. The quantitative estimate of drug-likeness (QED) is 0.708. The maximum atomic E-state index is 11.7. The van der Waals surface area contributed by atoms with Crippen LogP contribution in [0.2, 0.25) is 0 Å². The third-order valence-corrected chi connectivity index (χ3v) is 6.09. The van der Waals surface area contributed by atoms with Gasteiger partial charge in [0.2, 0.25) is 0 Å². The van der Waals surface area contributed by atoms with Crippen LogP contribution in [0.4, 0.5) is 4.79 Å². The van der Waals surface area contributed by atoms with Gasteiger partial charge in [-0.1, -0.05) is 6.07 Å². The first-order chi connectivity index (χ1) is 14.2. The number of hydrogen-bond acceptors (Lipinski definition) is 7. The summed E-state index contributed by atoms with van der Waals surface area (Å²) in [6.07, 6.45) is 12.5. The first kappa shape index (κ1) is 19.7. The highest BCUT2D eigenvalue weighted by molar-refractivity contribution is 8.18. The number of pyridine rings is 1. The van der Waals surface area contributed by atoms with Gasteiger partial charge in [0.25, 0.3) is 11.1 Å². The van der Waals surface area contributed by atoms with Crippen LogP contribution in [0.5, 0.6) is 0 Å². The number of carbonyl (C=O) groups excluding carboxylic acids is 2. The molecule has 1 saturated heterocycles. The smallest absolute Gasteiger partial charge is 0.290 e. The summed E-state index contributed by atoms with van der Waals surface area (Å²) in [5.41, 5.74) is 1.87. The molecule has 2 amide bonds. The number of thioether (sulfide) groups is 1. The summed E-state index contributed by atoms with van der Waals surface area (Å²) in [6, 6.07) is 6.36. The second kappa shape index (κ2) is 9.28. The molecule has 0 aromatic carbocycles. The lowest BCUT2D eigenvalue weighted by Crippen LogP contribution is -2.33. The molecule has 2 aromatic heterocycles. The zero-order chi connectivity index (χ0) is 20.1. The zero-order valence-corrected chi connectivity index (χ0v) is 16.8. The first-order valence-electron chi connectivity index (χ1n) is 9.85. The molecule has 150 valence electrons. The highest BCUT2D eigenvalue weighted by Gasteiger charge is 2.25. The van der Waals surface area contributed by atoms with Crippen LogP contribution in [0.15, 0.2) is 41.7 Å². The van der Waals surface area contributed by atoms with E-state index in [-0.39, 0.29) is 11.1 Å². The Labute approximate surface area is 173 Å². The van der Waals surface area contributed by atoms with Crippen molar-refractivity contribution in [2.24, 2.45) is 5.92 Å². The van der Waals surface area contributed by atoms with Crippen molar-refractivity contribution in [3.05, 3.63) is 58.8 Å². The molecule has 7 nitrogen and oxygen atoms in total. The summed E-state index contributed by atoms with van der Waals surface area (Å²) in [5.74, 6) is 0.998. The van der Waals surface area contributed by atoms with Gasteiger partial charge in [0, 0.05) is 37.6 Å². The fourth-order valence-corrected chi connectivity index (χ4v) is 4.41. The molecule has 2 aromatic rings. The number of hydrogen-bond donors (Lipinski definition) is 2. The Morgan fingerprint density at radius 1 is 1.17 bits per heavy atom. The minimum Gasteiger partial charge on any atom is -0.310 e. The molecule has 0 unspecified atom stereocenters. The molecule has 2 fully saturated rings. The average Bonchev–Trinajstić information content (AvgIpc) is 3.05. The lowest BCUT2D eigenvalue weighted by atomic mass is 9.84. The molecule has 0 bridgehead atoms. The molecule has 8 heteroatoms. The van der Waals surface area contributed by atoms with Crippen LogP contribution in [-0.2, 0) is 17.8 Å². The van der Waals surface area contributed by atoms with Crippen molar-refractivity contribution in [1.82, 2.24) is 25.6 Å². The second-order valence-electron chi connectivity index (χ2n) is 7.41. The second-order valence-corrected chi connectivity index (χ2v) is 8.43. The van der Waals surface area contributed by atoms with E-state index < -0.39 is 0 Å². The van der Waals surface area contributed by atoms with Gasteiger partial charge in [-0.2, -0.15) is 0 Å². The third-order valence-electron chi connectivity index (χ3n) is 5.28. The van der Waals surface area contributed by atoms with E-state index in [0.717, 1.165) is 56.2 Å². The third kappa shape index (κ3) is 5.48. The van der Waals surface area contributed by atoms with Crippen LogP contribution >= 0.6 is 11.8 Å². The fraction of sp³-hybridized carbons (Fsp3) is 0.381. The number of rotatable bonds is 6. The number of carbonyl (C=O) groups is 2.